The van der Waals surface area contributed by atoms with Gasteiger partial charge in [-0.3, -0.25) is 14.6 Å². The summed E-state index contributed by atoms with van der Waals surface area (Å²) >= 11 is 0. The normalized spacial score (nSPS) is 24.9. The van der Waals surface area contributed by atoms with Gasteiger partial charge in [-0.05, 0) is 26.3 Å². The summed E-state index contributed by atoms with van der Waals surface area (Å²) in [6.07, 6.45) is 5.53. The van der Waals surface area contributed by atoms with Crippen molar-refractivity contribution in [2.45, 2.75) is 51.1 Å². The van der Waals surface area contributed by atoms with Crippen molar-refractivity contribution in [1.29, 1.82) is 0 Å². The summed E-state index contributed by atoms with van der Waals surface area (Å²) in [4.78, 5) is 17.1. The number of ether oxygens (including phenoxy) is 1. The average molecular weight is 297 g/mol. The van der Waals surface area contributed by atoms with E-state index in [4.69, 9.17) is 4.74 Å². The van der Waals surface area contributed by atoms with Crippen molar-refractivity contribution in [3.05, 3.63) is 0 Å². The number of methoxy groups -OCH3 is 1. The number of esters is 1. The Morgan fingerprint density at radius 2 is 1.86 bits per heavy atom. The first-order chi connectivity index (χ1) is 10.1. The van der Waals surface area contributed by atoms with Gasteiger partial charge in [-0.15, -0.1) is 0 Å². The lowest BCUT2D eigenvalue weighted by atomic mass is 10.0. The van der Waals surface area contributed by atoms with Gasteiger partial charge in [0.15, 0.2) is 0 Å². The highest BCUT2D eigenvalue weighted by Gasteiger charge is 2.36. The fourth-order valence-electron chi connectivity index (χ4n) is 3.81. The second kappa shape index (κ2) is 7.56. The van der Waals surface area contributed by atoms with Crippen LogP contribution in [0.4, 0.5) is 0 Å². The molecule has 0 spiro atoms. The number of carbonyl (C=O) groups is 1. The molecule has 2 fully saturated rings. The number of hydrogen-bond acceptors (Lipinski definition) is 5. The van der Waals surface area contributed by atoms with Gasteiger partial charge in [0.1, 0.15) is 5.54 Å². The van der Waals surface area contributed by atoms with E-state index in [1.165, 1.54) is 32.8 Å². The number of nitrogens with one attached hydrogen (secondary N) is 1. The van der Waals surface area contributed by atoms with Crippen molar-refractivity contribution >= 4 is 5.97 Å². The minimum atomic E-state index is -0.598. The van der Waals surface area contributed by atoms with Crippen LogP contribution in [0.3, 0.4) is 0 Å². The van der Waals surface area contributed by atoms with E-state index in [-0.39, 0.29) is 5.97 Å². The molecule has 2 rings (SSSR count). The van der Waals surface area contributed by atoms with E-state index in [1.807, 2.05) is 13.8 Å². The molecule has 1 unspecified atom stereocenters. The van der Waals surface area contributed by atoms with E-state index in [2.05, 4.69) is 15.1 Å². The average Bonchev–Trinajstić information content (AvgIpc) is 3.01. The minimum absolute atomic E-state index is 0.164. The summed E-state index contributed by atoms with van der Waals surface area (Å²) in [6.45, 7) is 9.84. The zero-order valence-electron chi connectivity index (χ0n) is 13.9. The highest BCUT2D eigenvalue weighted by molar-refractivity contribution is 5.80. The molecule has 1 saturated heterocycles. The maximum atomic E-state index is 12.0. The van der Waals surface area contributed by atoms with Crippen molar-refractivity contribution in [3.63, 3.8) is 0 Å². The summed E-state index contributed by atoms with van der Waals surface area (Å²) in [5, 5.41) is 3.29. The number of rotatable bonds is 6. The van der Waals surface area contributed by atoms with Gasteiger partial charge in [0, 0.05) is 38.8 Å². The molecule has 5 nitrogen and oxygen atoms in total. The molecule has 2 aliphatic rings. The first-order valence-electron chi connectivity index (χ1n) is 8.39. The SMILES string of the molecule is CCNC(C)(CN1CCN(C2CCCC2)CC1)C(=O)OC. The van der Waals surface area contributed by atoms with Crippen molar-refractivity contribution in [2.24, 2.45) is 0 Å². The summed E-state index contributed by atoms with van der Waals surface area (Å²) in [7, 11) is 1.47. The third-order valence-corrected chi connectivity index (χ3v) is 4.99. The Bertz CT molecular complexity index is 336. The Morgan fingerprint density at radius 1 is 1.24 bits per heavy atom. The number of likely N-dealkylation sites (N-methyl/N-ethyl adjacent to an activating group) is 1. The molecule has 1 aliphatic carbocycles. The summed E-state index contributed by atoms with van der Waals surface area (Å²) in [5.74, 6) is -0.164. The molecule has 1 saturated carbocycles. The number of hydrogen-bond donors (Lipinski definition) is 1. The molecule has 5 heteroatoms. The van der Waals surface area contributed by atoms with Crippen LogP contribution in [0, 0.1) is 0 Å². The molecule has 0 bridgehead atoms. The van der Waals surface area contributed by atoms with Crippen LogP contribution in [0.2, 0.25) is 0 Å². The highest BCUT2D eigenvalue weighted by atomic mass is 16.5. The van der Waals surface area contributed by atoms with Gasteiger partial charge < -0.3 is 10.1 Å². The maximum Gasteiger partial charge on any atom is 0.327 e. The Hall–Kier alpha value is -0.650. The van der Waals surface area contributed by atoms with Crippen LogP contribution in [0.25, 0.3) is 0 Å². The number of carbonyl (C=O) groups excluding carboxylic acids is 1. The molecular formula is C16H31N3O2. The third-order valence-electron chi connectivity index (χ3n) is 4.99. The zero-order chi connectivity index (χ0) is 15.3. The predicted molar refractivity (Wildman–Crippen MR) is 84.4 cm³/mol. The smallest absolute Gasteiger partial charge is 0.327 e. The quantitative estimate of drug-likeness (QED) is 0.744. The molecule has 21 heavy (non-hydrogen) atoms. The van der Waals surface area contributed by atoms with Crippen LogP contribution in [-0.2, 0) is 9.53 Å². The molecule has 0 amide bonds. The Kier molecular flexibility index (Phi) is 6.02. The van der Waals surface area contributed by atoms with E-state index < -0.39 is 5.54 Å². The van der Waals surface area contributed by atoms with Crippen LogP contribution in [0.5, 0.6) is 0 Å². The second-order valence-corrected chi connectivity index (χ2v) is 6.60. The third kappa shape index (κ3) is 4.18. The molecule has 122 valence electrons. The molecule has 0 aromatic rings. The predicted octanol–water partition coefficient (Wildman–Crippen LogP) is 1.09. The number of nitrogens with zero attached hydrogens (tertiary/aromatic N) is 2. The summed E-state index contributed by atoms with van der Waals surface area (Å²) < 4.78 is 4.97. The van der Waals surface area contributed by atoms with Crippen LogP contribution in [0.1, 0.15) is 39.5 Å². The Labute approximate surface area is 129 Å². The van der Waals surface area contributed by atoms with Gasteiger partial charge >= 0.3 is 5.97 Å². The summed E-state index contributed by atoms with van der Waals surface area (Å²) in [6, 6.07) is 0.813. The lowest BCUT2D eigenvalue weighted by Crippen LogP contribution is -2.60. The molecule has 1 aliphatic heterocycles. The second-order valence-electron chi connectivity index (χ2n) is 6.60. The first kappa shape index (κ1) is 16.7. The molecule has 1 atom stereocenters. The van der Waals surface area contributed by atoms with Crippen molar-refractivity contribution in [1.82, 2.24) is 15.1 Å². The maximum absolute atomic E-state index is 12.0. The Morgan fingerprint density at radius 3 is 2.38 bits per heavy atom. The summed E-state index contributed by atoms with van der Waals surface area (Å²) in [5.41, 5.74) is -0.598. The molecule has 1 N–H and O–H groups in total. The molecule has 0 aromatic heterocycles. The van der Waals surface area contributed by atoms with Gasteiger partial charge in [-0.25, -0.2) is 0 Å². The van der Waals surface area contributed by atoms with Crippen LogP contribution in [0.15, 0.2) is 0 Å². The minimum Gasteiger partial charge on any atom is -0.468 e. The van der Waals surface area contributed by atoms with E-state index in [0.29, 0.717) is 0 Å². The molecule has 1 heterocycles. The van der Waals surface area contributed by atoms with Crippen molar-refractivity contribution in [3.8, 4) is 0 Å². The van der Waals surface area contributed by atoms with Gasteiger partial charge in [0.25, 0.3) is 0 Å². The van der Waals surface area contributed by atoms with Crippen LogP contribution >= 0.6 is 0 Å². The fourth-order valence-corrected chi connectivity index (χ4v) is 3.81. The zero-order valence-corrected chi connectivity index (χ0v) is 13.9. The molecular weight excluding hydrogens is 266 g/mol. The van der Waals surface area contributed by atoms with E-state index in [0.717, 1.165) is 45.3 Å². The highest BCUT2D eigenvalue weighted by Crippen LogP contribution is 2.24. The molecule has 0 radical (unpaired) electrons. The fraction of sp³-hybridized carbons (Fsp3) is 0.938. The van der Waals surface area contributed by atoms with Crippen molar-refractivity contribution in [2.75, 3.05) is 46.4 Å². The van der Waals surface area contributed by atoms with Gasteiger partial charge in [-0.2, -0.15) is 0 Å². The lowest BCUT2D eigenvalue weighted by Gasteiger charge is -2.41. The van der Waals surface area contributed by atoms with E-state index in [9.17, 15) is 4.79 Å². The van der Waals surface area contributed by atoms with Gasteiger partial charge in [0.05, 0.1) is 7.11 Å². The van der Waals surface area contributed by atoms with E-state index in [1.54, 1.807) is 0 Å². The van der Waals surface area contributed by atoms with Gasteiger partial charge in [-0.1, -0.05) is 19.8 Å². The van der Waals surface area contributed by atoms with Crippen molar-refractivity contribution < 1.29 is 9.53 Å². The van der Waals surface area contributed by atoms with E-state index >= 15 is 0 Å². The largest absolute Gasteiger partial charge is 0.468 e. The lowest BCUT2D eigenvalue weighted by molar-refractivity contribution is -0.149. The Balaban J connectivity index is 1.84. The topological polar surface area (TPSA) is 44.8 Å². The number of piperazine rings is 1. The molecule has 0 aromatic carbocycles. The van der Waals surface area contributed by atoms with Gasteiger partial charge in [0.2, 0.25) is 0 Å². The first-order valence-corrected chi connectivity index (χ1v) is 8.39. The monoisotopic (exact) mass is 297 g/mol. The standard InChI is InChI=1S/C16H31N3O2/c1-4-17-16(2,15(20)21-3)13-18-9-11-19(12-10-18)14-7-5-6-8-14/h14,17H,4-13H2,1-3H3. The van der Waals surface area contributed by atoms with Crippen LogP contribution in [-0.4, -0.2) is 73.7 Å². The van der Waals surface area contributed by atoms with Crippen LogP contribution < -0.4 is 5.32 Å².